The minimum absolute atomic E-state index is 0.104. The van der Waals surface area contributed by atoms with E-state index in [1.165, 1.54) is 0 Å². The fourth-order valence-corrected chi connectivity index (χ4v) is 3.28. The monoisotopic (exact) mass is 318 g/mol. The standard InChI is InChI=1S/C17H22N2O2S/c1-15(14-19-16-8-4-2-5-9-16)18-12-13-22(20,21)17-10-6-3-7-11-17/h2-11,15,18-19H,12-14H2,1H3. The van der Waals surface area contributed by atoms with Crippen molar-refractivity contribution >= 4 is 15.5 Å². The zero-order chi connectivity index (χ0) is 15.8. The van der Waals surface area contributed by atoms with Gasteiger partial charge in [-0.05, 0) is 31.2 Å². The zero-order valence-corrected chi connectivity index (χ0v) is 13.5. The minimum atomic E-state index is -3.21. The molecule has 0 bridgehead atoms. The average molecular weight is 318 g/mol. The van der Waals surface area contributed by atoms with Gasteiger partial charge in [0.05, 0.1) is 10.6 Å². The predicted molar refractivity (Wildman–Crippen MR) is 90.9 cm³/mol. The summed E-state index contributed by atoms with van der Waals surface area (Å²) in [7, 11) is -3.21. The van der Waals surface area contributed by atoms with E-state index in [1.807, 2.05) is 43.3 Å². The molecule has 118 valence electrons. The molecule has 0 fully saturated rings. The van der Waals surface area contributed by atoms with Crippen LogP contribution < -0.4 is 10.6 Å². The van der Waals surface area contributed by atoms with Crippen LogP contribution in [0.2, 0.25) is 0 Å². The summed E-state index contributed by atoms with van der Waals surface area (Å²) >= 11 is 0. The van der Waals surface area contributed by atoms with Crippen LogP contribution in [0.4, 0.5) is 5.69 Å². The highest BCUT2D eigenvalue weighted by atomic mass is 32.2. The molecule has 0 aromatic heterocycles. The van der Waals surface area contributed by atoms with Crippen molar-refractivity contribution in [3.05, 3.63) is 60.7 Å². The SMILES string of the molecule is CC(CNc1ccccc1)NCCS(=O)(=O)c1ccccc1. The quantitative estimate of drug-likeness (QED) is 0.785. The van der Waals surface area contributed by atoms with Crippen molar-refractivity contribution in [2.24, 2.45) is 0 Å². The Morgan fingerprint density at radius 3 is 2.18 bits per heavy atom. The van der Waals surface area contributed by atoms with Crippen molar-refractivity contribution in [2.45, 2.75) is 17.9 Å². The van der Waals surface area contributed by atoms with Gasteiger partial charge in [0.15, 0.2) is 9.84 Å². The van der Waals surface area contributed by atoms with Crippen molar-refractivity contribution in [1.29, 1.82) is 0 Å². The molecule has 2 N–H and O–H groups in total. The normalized spacial score (nSPS) is 12.8. The van der Waals surface area contributed by atoms with Crippen LogP contribution in [0, 0.1) is 0 Å². The summed E-state index contributed by atoms with van der Waals surface area (Å²) in [4.78, 5) is 0.381. The molecular weight excluding hydrogens is 296 g/mol. The van der Waals surface area contributed by atoms with Gasteiger partial charge in [0.25, 0.3) is 0 Å². The van der Waals surface area contributed by atoms with E-state index in [4.69, 9.17) is 0 Å². The third-order valence-electron chi connectivity index (χ3n) is 3.35. The number of anilines is 1. The topological polar surface area (TPSA) is 58.2 Å². The van der Waals surface area contributed by atoms with Crippen LogP contribution in [-0.2, 0) is 9.84 Å². The van der Waals surface area contributed by atoms with Gasteiger partial charge in [0.1, 0.15) is 0 Å². The molecule has 1 atom stereocenters. The lowest BCUT2D eigenvalue weighted by molar-refractivity contribution is 0.569. The van der Waals surface area contributed by atoms with Crippen LogP contribution in [0.1, 0.15) is 6.92 Å². The van der Waals surface area contributed by atoms with E-state index in [1.54, 1.807) is 24.3 Å². The van der Waals surface area contributed by atoms with Crippen molar-refractivity contribution < 1.29 is 8.42 Å². The molecule has 0 saturated carbocycles. The molecule has 2 rings (SSSR count). The van der Waals surface area contributed by atoms with Gasteiger partial charge < -0.3 is 10.6 Å². The second kappa shape index (κ2) is 7.96. The Bertz CT molecular complexity index is 658. The van der Waals surface area contributed by atoms with Crippen LogP contribution in [0.25, 0.3) is 0 Å². The molecule has 0 saturated heterocycles. The third-order valence-corrected chi connectivity index (χ3v) is 5.08. The average Bonchev–Trinajstić information content (AvgIpc) is 2.54. The first-order valence-corrected chi connectivity index (χ1v) is 9.03. The summed E-state index contributed by atoms with van der Waals surface area (Å²) in [6, 6.07) is 18.7. The smallest absolute Gasteiger partial charge is 0.179 e. The molecular formula is C17H22N2O2S. The van der Waals surface area contributed by atoms with Crippen molar-refractivity contribution in [2.75, 3.05) is 24.2 Å². The molecule has 0 spiro atoms. The van der Waals surface area contributed by atoms with E-state index in [9.17, 15) is 8.42 Å². The summed E-state index contributed by atoms with van der Waals surface area (Å²) in [5.74, 6) is 0.104. The van der Waals surface area contributed by atoms with E-state index in [0.717, 1.165) is 12.2 Å². The number of hydrogen-bond acceptors (Lipinski definition) is 4. The number of hydrogen-bond donors (Lipinski definition) is 2. The maximum Gasteiger partial charge on any atom is 0.179 e. The van der Waals surface area contributed by atoms with E-state index in [-0.39, 0.29) is 11.8 Å². The lowest BCUT2D eigenvalue weighted by Crippen LogP contribution is -2.35. The highest BCUT2D eigenvalue weighted by Crippen LogP contribution is 2.09. The van der Waals surface area contributed by atoms with Crippen molar-refractivity contribution in [3.63, 3.8) is 0 Å². The lowest BCUT2D eigenvalue weighted by atomic mass is 10.3. The van der Waals surface area contributed by atoms with Gasteiger partial charge in [0.2, 0.25) is 0 Å². The zero-order valence-electron chi connectivity index (χ0n) is 12.7. The molecule has 5 heteroatoms. The summed E-state index contributed by atoms with van der Waals surface area (Å²) < 4.78 is 24.3. The molecule has 4 nitrogen and oxygen atoms in total. The fourth-order valence-electron chi connectivity index (χ4n) is 2.08. The van der Waals surface area contributed by atoms with Crippen LogP contribution in [0.5, 0.6) is 0 Å². The van der Waals surface area contributed by atoms with Crippen LogP contribution in [0.3, 0.4) is 0 Å². The summed E-state index contributed by atoms with van der Waals surface area (Å²) in [6.07, 6.45) is 0. The molecule has 0 amide bonds. The number of sulfone groups is 1. The van der Waals surface area contributed by atoms with Gasteiger partial charge in [-0.3, -0.25) is 0 Å². The summed E-state index contributed by atoms with van der Waals surface area (Å²) in [5.41, 5.74) is 1.06. The largest absolute Gasteiger partial charge is 0.383 e. The van der Waals surface area contributed by atoms with E-state index < -0.39 is 9.84 Å². The molecule has 0 radical (unpaired) electrons. The van der Waals surface area contributed by atoms with Gasteiger partial charge in [-0.15, -0.1) is 0 Å². The first-order chi connectivity index (χ1) is 10.6. The third kappa shape index (κ3) is 5.16. The lowest BCUT2D eigenvalue weighted by Gasteiger charge is -2.15. The van der Waals surface area contributed by atoms with Gasteiger partial charge in [-0.2, -0.15) is 0 Å². The molecule has 2 aromatic rings. The first kappa shape index (κ1) is 16.5. The van der Waals surface area contributed by atoms with Gasteiger partial charge in [0, 0.05) is 24.8 Å². The maximum atomic E-state index is 12.1. The van der Waals surface area contributed by atoms with Crippen molar-refractivity contribution in [1.82, 2.24) is 5.32 Å². The second-order valence-electron chi connectivity index (χ2n) is 5.23. The molecule has 0 aliphatic heterocycles. The maximum absolute atomic E-state index is 12.1. The van der Waals surface area contributed by atoms with Crippen LogP contribution >= 0.6 is 0 Å². The highest BCUT2D eigenvalue weighted by molar-refractivity contribution is 7.91. The first-order valence-electron chi connectivity index (χ1n) is 7.38. The second-order valence-corrected chi connectivity index (χ2v) is 7.34. The van der Waals surface area contributed by atoms with Gasteiger partial charge in [-0.1, -0.05) is 36.4 Å². The number of benzene rings is 2. The Hall–Kier alpha value is -1.85. The Kier molecular flexibility index (Phi) is 5.98. The Balaban J connectivity index is 1.74. The molecule has 0 aliphatic rings. The number of para-hydroxylation sites is 1. The summed E-state index contributed by atoms with van der Waals surface area (Å²) in [5, 5.41) is 6.55. The van der Waals surface area contributed by atoms with Gasteiger partial charge >= 0.3 is 0 Å². The minimum Gasteiger partial charge on any atom is -0.383 e. The van der Waals surface area contributed by atoms with Crippen LogP contribution in [0.15, 0.2) is 65.6 Å². The van der Waals surface area contributed by atoms with E-state index in [0.29, 0.717) is 11.4 Å². The van der Waals surface area contributed by atoms with E-state index in [2.05, 4.69) is 10.6 Å². The molecule has 1 unspecified atom stereocenters. The Morgan fingerprint density at radius 1 is 0.955 bits per heavy atom. The molecule has 2 aromatic carbocycles. The van der Waals surface area contributed by atoms with E-state index >= 15 is 0 Å². The van der Waals surface area contributed by atoms with Gasteiger partial charge in [-0.25, -0.2) is 8.42 Å². The van der Waals surface area contributed by atoms with Crippen LogP contribution in [-0.4, -0.2) is 33.3 Å². The number of rotatable bonds is 8. The predicted octanol–water partition coefficient (Wildman–Crippen LogP) is 2.55. The summed E-state index contributed by atoms with van der Waals surface area (Å²) in [6.45, 7) is 3.22. The molecule has 0 heterocycles. The van der Waals surface area contributed by atoms with Crippen molar-refractivity contribution in [3.8, 4) is 0 Å². The highest BCUT2D eigenvalue weighted by Gasteiger charge is 2.13. The molecule has 22 heavy (non-hydrogen) atoms. The Morgan fingerprint density at radius 2 is 1.55 bits per heavy atom. The molecule has 0 aliphatic carbocycles. The fraction of sp³-hybridized carbons (Fsp3) is 0.294. The Labute approximate surface area is 132 Å². The number of nitrogens with one attached hydrogen (secondary N) is 2.